The van der Waals surface area contributed by atoms with E-state index >= 15 is 0 Å². The molecule has 230 valence electrons. The molecule has 41 heavy (non-hydrogen) atoms. The highest BCUT2D eigenvalue weighted by molar-refractivity contribution is 5.82. The molecule has 1 heterocycles. The monoisotopic (exact) mass is 571 g/mol. The molecular weight excluding hydrogens is 518 g/mol. The molecule has 7 nitrogen and oxygen atoms in total. The molecular formula is C34H53NO6. The van der Waals surface area contributed by atoms with Crippen molar-refractivity contribution in [3.05, 3.63) is 23.3 Å². The number of carbonyl (C=O) groups is 3. The van der Waals surface area contributed by atoms with Crippen molar-refractivity contribution in [2.75, 3.05) is 6.54 Å². The molecule has 7 heteroatoms. The highest BCUT2D eigenvalue weighted by atomic mass is 16.6. The molecule has 0 spiro atoms. The number of hydrogen-bond acceptors (Lipinski definition) is 6. The molecule has 1 fully saturated rings. The average molecular weight is 572 g/mol. The van der Waals surface area contributed by atoms with E-state index in [-0.39, 0.29) is 29.6 Å². The van der Waals surface area contributed by atoms with Gasteiger partial charge in [-0.25, -0.2) is 4.79 Å². The van der Waals surface area contributed by atoms with Gasteiger partial charge in [-0.2, -0.15) is 0 Å². The van der Waals surface area contributed by atoms with E-state index in [1.54, 1.807) is 34.6 Å². The van der Waals surface area contributed by atoms with Crippen LogP contribution < -0.4 is 14.8 Å². The van der Waals surface area contributed by atoms with E-state index in [4.69, 9.17) is 14.2 Å². The van der Waals surface area contributed by atoms with Crippen LogP contribution in [0.4, 0.5) is 4.79 Å². The third kappa shape index (κ3) is 8.26. The maximum atomic E-state index is 13.7. The van der Waals surface area contributed by atoms with Crippen molar-refractivity contribution in [1.29, 1.82) is 0 Å². The van der Waals surface area contributed by atoms with Gasteiger partial charge in [-0.15, -0.1) is 0 Å². The molecule has 1 aromatic carbocycles. The summed E-state index contributed by atoms with van der Waals surface area (Å²) in [5, 5.41) is 2.71. The second-order valence-corrected chi connectivity index (χ2v) is 14.9. The zero-order valence-corrected chi connectivity index (χ0v) is 27.1. The molecule has 2 aliphatic rings. The zero-order chi connectivity index (χ0) is 30.8. The van der Waals surface area contributed by atoms with Crippen LogP contribution in [0.25, 0.3) is 0 Å². The van der Waals surface area contributed by atoms with Crippen LogP contribution in [0.5, 0.6) is 11.5 Å². The van der Waals surface area contributed by atoms with Gasteiger partial charge in [0.25, 0.3) is 0 Å². The molecule has 3 rings (SSSR count). The predicted octanol–water partition coefficient (Wildman–Crippen LogP) is 8.01. The Bertz CT molecular complexity index is 1130. The quantitative estimate of drug-likeness (QED) is 0.174. The lowest BCUT2D eigenvalue weighted by atomic mass is 9.66. The van der Waals surface area contributed by atoms with E-state index < -0.39 is 28.7 Å². The van der Waals surface area contributed by atoms with E-state index in [0.717, 1.165) is 30.4 Å². The summed E-state index contributed by atoms with van der Waals surface area (Å²) in [6.45, 7) is 19.8. The number of esters is 1. The smallest absolute Gasteiger partial charge is 0.407 e. The van der Waals surface area contributed by atoms with Crippen molar-refractivity contribution in [1.82, 2.24) is 5.32 Å². The number of carbonyl (C=O) groups excluding carboxylic acids is 3. The highest BCUT2D eigenvalue weighted by Crippen LogP contribution is 2.55. The van der Waals surface area contributed by atoms with Crippen molar-refractivity contribution < 1.29 is 28.6 Å². The minimum absolute atomic E-state index is 0.0552. The Morgan fingerprint density at radius 1 is 1.05 bits per heavy atom. The molecule has 0 radical (unpaired) electrons. The summed E-state index contributed by atoms with van der Waals surface area (Å²) in [6.07, 6.45) is 6.82. The van der Waals surface area contributed by atoms with Gasteiger partial charge in [-0.05, 0) is 84.4 Å². The molecule has 1 amide bonds. The topological polar surface area (TPSA) is 90.9 Å². The standard InChI is InChI=1S/C34H53NO6/c1-11-12-13-14-17-32(5,6)22-18-26(39-29(37)33(7,8)21-35-30(38)41-31(2,3)4)28-24-20-23(36)15-16-25(24)34(9,10)40-27(28)19-22/h18-19,24-25H,11-17,20-21H2,1-10H3,(H,35,38)/t24-,25-/m1/s1. The fraction of sp³-hybridized carbons (Fsp3) is 0.735. The van der Waals surface area contributed by atoms with Gasteiger partial charge in [0.15, 0.2) is 0 Å². The highest BCUT2D eigenvalue weighted by Gasteiger charge is 2.48. The first-order valence-corrected chi connectivity index (χ1v) is 15.4. The minimum Gasteiger partial charge on any atom is -0.487 e. The number of nitrogens with one attached hydrogen (secondary N) is 1. The average Bonchev–Trinajstić information content (AvgIpc) is 2.83. The van der Waals surface area contributed by atoms with Crippen molar-refractivity contribution >= 4 is 17.8 Å². The van der Waals surface area contributed by atoms with Gasteiger partial charge in [0.1, 0.15) is 28.5 Å². The molecule has 0 saturated heterocycles. The summed E-state index contributed by atoms with van der Waals surface area (Å²) in [6, 6.07) is 4.10. The third-order valence-corrected chi connectivity index (χ3v) is 8.67. The number of fused-ring (bicyclic) bond motifs is 3. The summed E-state index contributed by atoms with van der Waals surface area (Å²) in [7, 11) is 0. The number of rotatable bonds is 10. The molecule has 2 atom stereocenters. The molecule has 0 unspecified atom stereocenters. The predicted molar refractivity (Wildman–Crippen MR) is 162 cm³/mol. The Kier molecular flexibility index (Phi) is 9.92. The molecule has 1 aromatic rings. The van der Waals surface area contributed by atoms with E-state index in [1.807, 2.05) is 6.07 Å². The Morgan fingerprint density at radius 2 is 1.73 bits per heavy atom. The number of Topliss-reactive ketones (excluding diaryl/α,β-unsaturated/α-hetero) is 1. The molecule has 1 N–H and O–H groups in total. The summed E-state index contributed by atoms with van der Waals surface area (Å²) < 4.78 is 18.2. The van der Waals surface area contributed by atoms with Crippen molar-refractivity contribution in [2.45, 2.75) is 143 Å². The Balaban J connectivity index is 1.98. The molecule has 1 saturated carbocycles. The summed E-state index contributed by atoms with van der Waals surface area (Å²) in [4.78, 5) is 38.6. The first-order chi connectivity index (χ1) is 18.9. The van der Waals surface area contributed by atoms with Crippen LogP contribution in [0.1, 0.15) is 138 Å². The van der Waals surface area contributed by atoms with Crippen LogP contribution in [-0.2, 0) is 19.7 Å². The minimum atomic E-state index is -1.02. The number of alkyl carbamates (subject to hydrolysis) is 1. The zero-order valence-electron chi connectivity index (χ0n) is 27.1. The first kappa shape index (κ1) is 32.9. The van der Waals surface area contributed by atoms with Crippen LogP contribution in [0.15, 0.2) is 12.1 Å². The number of amides is 1. The van der Waals surface area contributed by atoms with Crippen molar-refractivity contribution in [3.8, 4) is 11.5 Å². The van der Waals surface area contributed by atoms with Crippen molar-refractivity contribution in [2.24, 2.45) is 11.3 Å². The van der Waals surface area contributed by atoms with Gasteiger partial charge in [0.2, 0.25) is 0 Å². The van der Waals surface area contributed by atoms with Gasteiger partial charge >= 0.3 is 12.1 Å². The first-order valence-electron chi connectivity index (χ1n) is 15.4. The fourth-order valence-corrected chi connectivity index (χ4v) is 6.08. The maximum absolute atomic E-state index is 13.7. The van der Waals surface area contributed by atoms with Gasteiger partial charge in [0, 0.05) is 36.8 Å². The van der Waals surface area contributed by atoms with Crippen LogP contribution >= 0.6 is 0 Å². The van der Waals surface area contributed by atoms with Crippen LogP contribution in [-0.4, -0.2) is 35.6 Å². The van der Waals surface area contributed by atoms with Crippen LogP contribution in [0, 0.1) is 11.3 Å². The SMILES string of the molecule is CCCCCCC(C)(C)c1cc(OC(=O)C(C)(C)CNC(=O)OC(C)(C)C)c2c(c1)OC(C)(C)[C@@H]1CCC(=O)C[C@@H]21. The second kappa shape index (κ2) is 12.3. The molecule has 1 aliphatic heterocycles. The number of unbranched alkanes of at least 4 members (excludes halogenated alkanes) is 3. The third-order valence-electron chi connectivity index (χ3n) is 8.67. The fourth-order valence-electron chi connectivity index (χ4n) is 6.08. The van der Waals surface area contributed by atoms with Gasteiger partial charge in [-0.3, -0.25) is 9.59 Å². The summed E-state index contributed by atoms with van der Waals surface area (Å²) in [5.74, 6) is 1.00. The number of ether oxygens (including phenoxy) is 3. The van der Waals surface area contributed by atoms with E-state index in [2.05, 4.69) is 46.0 Å². The second-order valence-electron chi connectivity index (χ2n) is 14.9. The Hall–Kier alpha value is -2.57. The summed E-state index contributed by atoms with van der Waals surface area (Å²) in [5.41, 5.74) is -0.399. The normalized spacial score (nSPS) is 20.4. The largest absolute Gasteiger partial charge is 0.487 e. The lowest BCUT2D eigenvalue weighted by molar-refractivity contribution is -0.143. The number of ketones is 1. The van der Waals surface area contributed by atoms with Crippen LogP contribution in [0.2, 0.25) is 0 Å². The lowest BCUT2D eigenvalue weighted by Gasteiger charge is -2.47. The number of hydrogen-bond donors (Lipinski definition) is 1. The lowest BCUT2D eigenvalue weighted by Crippen LogP contribution is -2.47. The molecule has 1 aliphatic carbocycles. The summed E-state index contributed by atoms with van der Waals surface area (Å²) >= 11 is 0. The van der Waals surface area contributed by atoms with E-state index in [1.165, 1.54) is 19.3 Å². The van der Waals surface area contributed by atoms with E-state index in [0.29, 0.717) is 24.3 Å². The van der Waals surface area contributed by atoms with Crippen LogP contribution in [0.3, 0.4) is 0 Å². The Labute approximate surface area is 247 Å². The Morgan fingerprint density at radius 3 is 2.37 bits per heavy atom. The molecule has 0 bridgehead atoms. The van der Waals surface area contributed by atoms with E-state index in [9.17, 15) is 14.4 Å². The molecule has 0 aromatic heterocycles. The number of benzene rings is 1. The maximum Gasteiger partial charge on any atom is 0.407 e. The van der Waals surface area contributed by atoms with Crippen molar-refractivity contribution in [3.63, 3.8) is 0 Å². The van der Waals surface area contributed by atoms with Gasteiger partial charge in [-0.1, -0.05) is 46.5 Å². The van der Waals surface area contributed by atoms with Gasteiger partial charge < -0.3 is 19.5 Å². The van der Waals surface area contributed by atoms with Gasteiger partial charge in [0.05, 0.1) is 5.41 Å².